The predicted molar refractivity (Wildman–Crippen MR) is 158 cm³/mol. The highest BCUT2D eigenvalue weighted by molar-refractivity contribution is 7.10. The van der Waals surface area contributed by atoms with Gasteiger partial charge < -0.3 is 25.5 Å². The van der Waals surface area contributed by atoms with E-state index in [1.807, 2.05) is 41.5 Å². The van der Waals surface area contributed by atoms with Gasteiger partial charge in [0.1, 0.15) is 0 Å². The lowest BCUT2D eigenvalue weighted by atomic mass is 10.1. The number of anilines is 2. The van der Waals surface area contributed by atoms with E-state index in [-0.39, 0.29) is 24.2 Å². The van der Waals surface area contributed by atoms with Crippen LogP contribution in [0.4, 0.5) is 11.4 Å². The number of carboxylic acid groups (broad SMARTS) is 1. The first-order valence-corrected chi connectivity index (χ1v) is 14.8. The van der Waals surface area contributed by atoms with Crippen molar-refractivity contribution in [2.24, 2.45) is 5.92 Å². The number of aliphatic carboxylic acids is 1. The zero-order valence-corrected chi connectivity index (χ0v) is 23.8. The molecule has 1 aromatic heterocycles. The van der Waals surface area contributed by atoms with Crippen LogP contribution in [-0.2, 0) is 9.59 Å². The minimum atomic E-state index is -1.01. The largest absolute Gasteiger partial charge is 0.481 e. The van der Waals surface area contributed by atoms with Crippen molar-refractivity contribution in [3.63, 3.8) is 0 Å². The Bertz CT molecular complexity index is 1440. The molecule has 41 heavy (non-hydrogen) atoms. The second-order valence-electron chi connectivity index (χ2n) is 10.6. The molecule has 3 N–H and O–H groups in total. The molecule has 214 valence electrons. The van der Waals surface area contributed by atoms with E-state index in [4.69, 9.17) is 0 Å². The summed E-state index contributed by atoms with van der Waals surface area (Å²) in [5.41, 5.74) is 3.01. The molecule has 9 nitrogen and oxygen atoms in total. The summed E-state index contributed by atoms with van der Waals surface area (Å²) in [5, 5.41) is 17.1. The monoisotopic (exact) mass is 574 g/mol. The molecule has 3 aromatic rings. The molecular weight excluding hydrogens is 540 g/mol. The van der Waals surface area contributed by atoms with E-state index in [9.17, 15) is 24.3 Å². The maximum atomic E-state index is 13.3. The number of nitrogens with zero attached hydrogens (tertiary/aromatic N) is 2. The second kappa shape index (κ2) is 12.6. The number of carboxylic acids is 1. The van der Waals surface area contributed by atoms with Crippen LogP contribution >= 0.6 is 11.3 Å². The number of hydrogen-bond donors (Lipinski definition) is 3. The predicted octanol–water partition coefficient (Wildman–Crippen LogP) is 4.70. The maximum Gasteiger partial charge on any atom is 0.305 e. The first-order valence-electron chi connectivity index (χ1n) is 13.9. The van der Waals surface area contributed by atoms with Crippen LogP contribution in [0.3, 0.4) is 0 Å². The van der Waals surface area contributed by atoms with Gasteiger partial charge in [-0.25, -0.2) is 0 Å². The number of aryl methyl sites for hydroxylation is 1. The van der Waals surface area contributed by atoms with Crippen molar-refractivity contribution in [2.45, 2.75) is 38.6 Å². The molecule has 1 saturated carbocycles. The fourth-order valence-electron chi connectivity index (χ4n) is 5.13. The third-order valence-electron chi connectivity index (χ3n) is 7.43. The van der Waals surface area contributed by atoms with E-state index in [1.54, 1.807) is 30.3 Å². The number of thiophene rings is 1. The molecule has 1 saturated heterocycles. The minimum absolute atomic E-state index is 0.169. The Morgan fingerprint density at radius 2 is 1.76 bits per heavy atom. The Kier molecular flexibility index (Phi) is 8.68. The molecular formula is C31H34N4O5S. The lowest BCUT2D eigenvalue weighted by Crippen LogP contribution is -2.36. The lowest BCUT2D eigenvalue weighted by molar-refractivity contribution is -0.137. The number of benzene rings is 2. The van der Waals surface area contributed by atoms with Gasteiger partial charge in [-0.1, -0.05) is 23.8 Å². The van der Waals surface area contributed by atoms with Gasteiger partial charge in [-0.15, -0.1) is 11.3 Å². The molecule has 2 aliphatic rings. The summed E-state index contributed by atoms with van der Waals surface area (Å²) in [7, 11) is 0. The molecule has 1 unspecified atom stereocenters. The average Bonchev–Trinajstić information content (AvgIpc) is 3.71. The van der Waals surface area contributed by atoms with Gasteiger partial charge in [0.25, 0.3) is 11.8 Å². The van der Waals surface area contributed by atoms with Gasteiger partial charge in [-0.2, -0.15) is 0 Å². The van der Waals surface area contributed by atoms with Crippen LogP contribution in [0.5, 0.6) is 0 Å². The van der Waals surface area contributed by atoms with Gasteiger partial charge in [-0.3, -0.25) is 19.2 Å². The fourth-order valence-corrected chi connectivity index (χ4v) is 5.91. The lowest BCUT2D eigenvalue weighted by Gasteiger charge is -2.27. The number of rotatable bonds is 9. The van der Waals surface area contributed by atoms with Crippen LogP contribution in [0.1, 0.15) is 62.9 Å². The maximum absolute atomic E-state index is 13.3. The molecule has 2 fully saturated rings. The number of amides is 3. The highest BCUT2D eigenvalue weighted by Crippen LogP contribution is 2.33. The third-order valence-corrected chi connectivity index (χ3v) is 8.42. The van der Waals surface area contributed by atoms with E-state index < -0.39 is 17.9 Å². The average molecular weight is 575 g/mol. The highest BCUT2D eigenvalue weighted by Gasteiger charge is 2.34. The van der Waals surface area contributed by atoms with E-state index in [2.05, 4.69) is 15.5 Å². The summed E-state index contributed by atoms with van der Waals surface area (Å²) < 4.78 is 0. The molecule has 2 aromatic carbocycles. The van der Waals surface area contributed by atoms with Gasteiger partial charge in [0.15, 0.2) is 0 Å². The van der Waals surface area contributed by atoms with Crippen molar-refractivity contribution < 1.29 is 24.3 Å². The molecule has 0 spiro atoms. The SMILES string of the molecule is Cc1cccc(C(=O)Nc2cc(C(=O)NC(CC(=O)O)c3cccs3)ccc2N2CCCN(C(=O)C3CC3)CC2)c1. The summed E-state index contributed by atoms with van der Waals surface area (Å²) in [5.74, 6) is -1.34. The number of nitrogens with one attached hydrogen (secondary N) is 2. The van der Waals surface area contributed by atoms with Crippen molar-refractivity contribution in [1.82, 2.24) is 10.2 Å². The van der Waals surface area contributed by atoms with Gasteiger partial charge >= 0.3 is 5.97 Å². The van der Waals surface area contributed by atoms with Crippen LogP contribution < -0.4 is 15.5 Å². The molecule has 0 radical (unpaired) electrons. The highest BCUT2D eigenvalue weighted by atomic mass is 32.1. The van der Waals surface area contributed by atoms with E-state index >= 15 is 0 Å². The minimum Gasteiger partial charge on any atom is -0.481 e. The second-order valence-corrected chi connectivity index (χ2v) is 11.6. The van der Waals surface area contributed by atoms with Crippen molar-refractivity contribution in [1.29, 1.82) is 0 Å². The molecule has 1 aliphatic heterocycles. The molecule has 10 heteroatoms. The number of carbonyl (C=O) groups excluding carboxylic acids is 3. The summed E-state index contributed by atoms with van der Waals surface area (Å²) >= 11 is 1.38. The molecule has 5 rings (SSSR count). The van der Waals surface area contributed by atoms with Crippen molar-refractivity contribution in [3.8, 4) is 0 Å². The number of carbonyl (C=O) groups is 4. The van der Waals surface area contributed by atoms with Crippen LogP contribution in [0.2, 0.25) is 0 Å². The molecule has 1 atom stereocenters. The van der Waals surface area contributed by atoms with E-state index in [0.29, 0.717) is 43.0 Å². The van der Waals surface area contributed by atoms with Gasteiger partial charge in [0.2, 0.25) is 5.91 Å². The summed E-state index contributed by atoms with van der Waals surface area (Å²) in [6.07, 6.45) is 2.49. The van der Waals surface area contributed by atoms with Crippen LogP contribution in [0.25, 0.3) is 0 Å². The Hall–Kier alpha value is -4.18. The van der Waals surface area contributed by atoms with E-state index in [0.717, 1.165) is 35.4 Å². The smallest absolute Gasteiger partial charge is 0.305 e. The molecule has 2 heterocycles. The topological polar surface area (TPSA) is 119 Å². The Balaban J connectivity index is 1.41. The zero-order chi connectivity index (χ0) is 28.9. The standard InChI is InChI=1S/C31H34N4O5S/c1-20-5-2-6-22(17-20)29(38)32-24-18-23(30(39)33-25(19-28(36)37)27-7-3-16-41-27)10-11-26(24)34-12-4-13-35(15-14-34)31(40)21-8-9-21/h2-3,5-7,10-11,16-18,21,25H,4,8-9,12-15,19H2,1H3,(H,32,38)(H,33,39)(H,36,37). The normalized spacial score (nSPS) is 16.0. The Morgan fingerprint density at radius 1 is 0.951 bits per heavy atom. The Labute approximate surface area is 243 Å². The fraction of sp³-hybridized carbons (Fsp3) is 0.355. The first-order chi connectivity index (χ1) is 19.8. The van der Waals surface area contributed by atoms with E-state index in [1.165, 1.54) is 11.3 Å². The van der Waals surface area contributed by atoms with Crippen LogP contribution in [0.15, 0.2) is 60.0 Å². The summed E-state index contributed by atoms with van der Waals surface area (Å²) in [4.78, 5) is 55.6. The van der Waals surface area contributed by atoms with Crippen LogP contribution in [-0.4, -0.2) is 59.9 Å². The third kappa shape index (κ3) is 7.13. The van der Waals surface area contributed by atoms with Crippen LogP contribution in [0, 0.1) is 12.8 Å². The quantitative estimate of drug-likeness (QED) is 0.341. The summed E-state index contributed by atoms with van der Waals surface area (Å²) in [6.45, 7) is 4.52. The van der Waals surface area contributed by atoms with Crippen molar-refractivity contribution >= 4 is 46.4 Å². The number of hydrogen-bond acceptors (Lipinski definition) is 6. The molecule has 0 bridgehead atoms. The van der Waals surface area contributed by atoms with Crippen molar-refractivity contribution in [3.05, 3.63) is 81.5 Å². The Morgan fingerprint density at radius 3 is 2.46 bits per heavy atom. The first kappa shape index (κ1) is 28.4. The van der Waals surface area contributed by atoms with Crippen molar-refractivity contribution in [2.75, 3.05) is 36.4 Å². The zero-order valence-electron chi connectivity index (χ0n) is 23.0. The summed E-state index contributed by atoms with van der Waals surface area (Å²) in [6, 6.07) is 15.4. The van der Waals surface area contributed by atoms with Gasteiger partial charge in [0.05, 0.1) is 23.8 Å². The molecule has 1 aliphatic carbocycles. The van der Waals surface area contributed by atoms with Gasteiger partial charge in [-0.05, 0) is 68.0 Å². The molecule has 3 amide bonds. The van der Waals surface area contributed by atoms with Gasteiger partial charge in [0, 0.05) is 48.1 Å².